The summed E-state index contributed by atoms with van der Waals surface area (Å²) in [5, 5.41) is 4.09. The van der Waals surface area contributed by atoms with Crippen LogP contribution in [-0.2, 0) is 6.54 Å². The molecule has 0 saturated heterocycles. The minimum atomic E-state index is -0.0713. The highest BCUT2D eigenvalue weighted by Gasteiger charge is 1.98. The zero-order valence-electron chi connectivity index (χ0n) is 7.37. The van der Waals surface area contributed by atoms with Crippen molar-refractivity contribution < 1.29 is 0 Å². The Labute approximate surface area is 71.3 Å². The van der Waals surface area contributed by atoms with E-state index in [1.54, 1.807) is 12.1 Å². The second-order valence-electron chi connectivity index (χ2n) is 2.72. The molecule has 0 aliphatic carbocycles. The Morgan fingerprint density at radius 2 is 2.33 bits per heavy atom. The summed E-state index contributed by atoms with van der Waals surface area (Å²) < 4.78 is 1.40. The van der Waals surface area contributed by atoms with Crippen molar-refractivity contribution in [3.05, 3.63) is 40.3 Å². The first-order valence-corrected chi connectivity index (χ1v) is 3.81. The normalized spacial score (nSPS) is 9.83. The predicted octanol–water partition coefficient (Wildman–Crippen LogP) is 1.05. The van der Waals surface area contributed by atoms with E-state index in [9.17, 15) is 4.79 Å². The van der Waals surface area contributed by atoms with Crippen molar-refractivity contribution in [1.29, 1.82) is 0 Å². The van der Waals surface area contributed by atoms with E-state index in [1.807, 2.05) is 13.8 Å². The number of hydrogen-bond acceptors (Lipinski definition) is 2. The first-order valence-electron chi connectivity index (χ1n) is 3.81. The zero-order chi connectivity index (χ0) is 9.14. The number of aromatic nitrogens is 2. The van der Waals surface area contributed by atoms with E-state index in [4.69, 9.17) is 0 Å². The topological polar surface area (TPSA) is 34.9 Å². The lowest BCUT2D eigenvalue weighted by atomic mass is 10.2. The van der Waals surface area contributed by atoms with Crippen molar-refractivity contribution in [3.63, 3.8) is 0 Å². The number of rotatable bonds is 2. The third-order valence-corrected chi connectivity index (χ3v) is 1.74. The largest absolute Gasteiger partial charge is 0.268 e. The van der Waals surface area contributed by atoms with Crippen molar-refractivity contribution >= 4 is 0 Å². The van der Waals surface area contributed by atoms with E-state index in [1.165, 1.54) is 4.68 Å². The number of nitrogens with zero attached hydrogens (tertiary/aromatic N) is 2. The Bertz CT molecular complexity index is 352. The standard InChI is InChI=1S/C9H12N2O/c1-4-5-11-9(12)6-7(2)8(3)10-11/h4,6H,1,5H2,2-3H3. The van der Waals surface area contributed by atoms with Gasteiger partial charge in [0.05, 0.1) is 12.2 Å². The molecule has 1 aromatic rings. The van der Waals surface area contributed by atoms with Crippen LogP contribution in [0.4, 0.5) is 0 Å². The van der Waals surface area contributed by atoms with Crippen molar-refractivity contribution in [2.45, 2.75) is 20.4 Å². The SMILES string of the molecule is C=CCn1nc(C)c(C)cc1=O. The third kappa shape index (κ3) is 1.61. The molecule has 0 bridgehead atoms. The Kier molecular flexibility index (Phi) is 2.43. The molecule has 0 aromatic carbocycles. The smallest absolute Gasteiger partial charge is 0.267 e. The molecule has 0 spiro atoms. The fourth-order valence-electron chi connectivity index (χ4n) is 0.926. The van der Waals surface area contributed by atoms with Crippen molar-refractivity contribution in [2.75, 3.05) is 0 Å². The third-order valence-electron chi connectivity index (χ3n) is 1.74. The maximum absolute atomic E-state index is 11.2. The van der Waals surface area contributed by atoms with E-state index in [0.717, 1.165) is 11.3 Å². The van der Waals surface area contributed by atoms with Crippen LogP contribution in [0.25, 0.3) is 0 Å². The summed E-state index contributed by atoms with van der Waals surface area (Å²) in [5.41, 5.74) is 1.75. The Morgan fingerprint density at radius 1 is 1.67 bits per heavy atom. The van der Waals surface area contributed by atoms with Gasteiger partial charge in [0.15, 0.2) is 0 Å². The molecule has 3 heteroatoms. The number of aryl methyl sites for hydroxylation is 2. The second kappa shape index (κ2) is 3.34. The van der Waals surface area contributed by atoms with Gasteiger partial charge >= 0.3 is 0 Å². The lowest BCUT2D eigenvalue weighted by molar-refractivity contribution is 0.637. The predicted molar refractivity (Wildman–Crippen MR) is 48.2 cm³/mol. The average Bonchev–Trinajstić information content (AvgIpc) is 2.01. The molecule has 1 heterocycles. The van der Waals surface area contributed by atoms with Gasteiger partial charge in [-0.05, 0) is 19.4 Å². The molecule has 3 nitrogen and oxygen atoms in total. The summed E-state index contributed by atoms with van der Waals surface area (Å²) in [5.74, 6) is 0. The molecule has 0 radical (unpaired) electrons. The van der Waals surface area contributed by atoms with Gasteiger partial charge in [0.1, 0.15) is 0 Å². The summed E-state index contributed by atoms with van der Waals surface area (Å²) >= 11 is 0. The molecule has 12 heavy (non-hydrogen) atoms. The molecule has 0 saturated carbocycles. The fourth-order valence-corrected chi connectivity index (χ4v) is 0.926. The summed E-state index contributed by atoms with van der Waals surface area (Å²) in [6, 6.07) is 1.59. The van der Waals surface area contributed by atoms with Crippen LogP contribution in [0.5, 0.6) is 0 Å². The molecule has 1 rings (SSSR count). The Morgan fingerprint density at radius 3 is 2.92 bits per heavy atom. The molecule has 0 unspecified atom stereocenters. The van der Waals surface area contributed by atoms with Crippen LogP contribution in [0.2, 0.25) is 0 Å². The molecular formula is C9H12N2O. The van der Waals surface area contributed by atoms with Crippen LogP contribution in [0, 0.1) is 13.8 Å². The first kappa shape index (κ1) is 8.71. The van der Waals surface area contributed by atoms with Gasteiger partial charge in [0.2, 0.25) is 0 Å². The highest BCUT2D eigenvalue weighted by atomic mass is 16.1. The van der Waals surface area contributed by atoms with E-state index in [2.05, 4.69) is 11.7 Å². The lowest BCUT2D eigenvalue weighted by Crippen LogP contribution is -2.22. The zero-order valence-corrected chi connectivity index (χ0v) is 7.37. The molecule has 1 aromatic heterocycles. The molecule has 64 valence electrons. The van der Waals surface area contributed by atoms with Gasteiger partial charge in [-0.25, -0.2) is 4.68 Å². The average molecular weight is 164 g/mol. The highest BCUT2D eigenvalue weighted by Crippen LogP contribution is 1.96. The van der Waals surface area contributed by atoms with Crippen LogP contribution >= 0.6 is 0 Å². The summed E-state index contributed by atoms with van der Waals surface area (Å²) in [6.07, 6.45) is 1.66. The molecule has 0 N–H and O–H groups in total. The molecule has 0 aliphatic rings. The molecule has 0 atom stereocenters. The van der Waals surface area contributed by atoms with Crippen LogP contribution in [0.15, 0.2) is 23.5 Å². The van der Waals surface area contributed by atoms with Crippen molar-refractivity contribution in [1.82, 2.24) is 9.78 Å². The Balaban J connectivity index is 3.23. The van der Waals surface area contributed by atoms with Crippen LogP contribution in [0.1, 0.15) is 11.3 Å². The minimum absolute atomic E-state index is 0.0713. The van der Waals surface area contributed by atoms with Crippen LogP contribution in [0.3, 0.4) is 0 Å². The summed E-state index contributed by atoms with van der Waals surface area (Å²) in [6.45, 7) is 7.78. The Hall–Kier alpha value is -1.38. The monoisotopic (exact) mass is 164 g/mol. The van der Waals surface area contributed by atoms with E-state index in [0.29, 0.717) is 6.54 Å². The van der Waals surface area contributed by atoms with E-state index in [-0.39, 0.29) is 5.56 Å². The number of hydrogen-bond donors (Lipinski definition) is 0. The first-order chi connectivity index (χ1) is 5.65. The highest BCUT2D eigenvalue weighted by molar-refractivity contribution is 5.13. The maximum Gasteiger partial charge on any atom is 0.267 e. The van der Waals surface area contributed by atoms with E-state index < -0.39 is 0 Å². The van der Waals surface area contributed by atoms with Gasteiger partial charge in [-0.15, -0.1) is 6.58 Å². The summed E-state index contributed by atoms with van der Waals surface area (Å²) in [7, 11) is 0. The van der Waals surface area contributed by atoms with Crippen LogP contribution < -0.4 is 5.56 Å². The number of allylic oxidation sites excluding steroid dienone is 1. The van der Waals surface area contributed by atoms with Crippen LogP contribution in [-0.4, -0.2) is 9.78 Å². The molecule has 0 fully saturated rings. The van der Waals surface area contributed by atoms with Gasteiger partial charge < -0.3 is 0 Å². The molecule has 0 aliphatic heterocycles. The van der Waals surface area contributed by atoms with Gasteiger partial charge in [-0.2, -0.15) is 5.10 Å². The van der Waals surface area contributed by atoms with Gasteiger partial charge in [-0.3, -0.25) is 4.79 Å². The van der Waals surface area contributed by atoms with E-state index >= 15 is 0 Å². The fraction of sp³-hybridized carbons (Fsp3) is 0.333. The summed E-state index contributed by atoms with van der Waals surface area (Å²) in [4.78, 5) is 11.2. The molecule has 0 amide bonds. The quantitative estimate of drug-likeness (QED) is 0.612. The minimum Gasteiger partial charge on any atom is -0.268 e. The lowest BCUT2D eigenvalue weighted by Gasteiger charge is -2.03. The molecular weight excluding hydrogens is 152 g/mol. The van der Waals surface area contributed by atoms with Gasteiger partial charge in [-0.1, -0.05) is 6.08 Å². The van der Waals surface area contributed by atoms with Gasteiger partial charge in [0, 0.05) is 6.07 Å². The van der Waals surface area contributed by atoms with Crippen molar-refractivity contribution in [2.24, 2.45) is 0 Å². The maximum atomic E-state index is 11.2. The second-order valence-corrected chi connectivity index (χ2v) is 2.72. The van der Waals surface area contributed by atoms with Crippen molar-refractivity contribution in [3.8, 4) is 0 Å². The van der Waals surface area contributed by atoms with Gasteiger partial charge in [0.25, 0.3) is 5.56 Å².